The number of nitrogens with zero attached hydrogens (tertiary/aromatic N) is 3. The summed E-state index contributed by atoms with van der Waals surface area (Å²) in [4.78, 5) is 8.47. The van der Waals surface area contributed by atoms with Crippen LogP contribution < -0.4 is 20.4 Å². The Kier molecular flexibility index (Phi) is 6.40. The first-order valence-corrected chi connectivity index (χ1v) is 17.8. The van der Waals surface area contributed by atoms with E-state index in [-0.39, 0.29) is 6.71 Å². The van der Waals surface area contributed by atoms with Gasteiger partial charge in [0, 0.05) is 46.7 Å². The highest BCUT2D eigenvalue weighted by Crippen LogP contribution is 2.43. The van der Waals surface area contributed by atoms with Crippen LogP contribution in [0.1, 0.15) is 18.4 Å². The lowest BCUT2D eigenvalue weighted by Crippen LogP contribution is -2.51. The summed E-state index contributed by atoms with van der Waals surface area (Å²) < 4.78 is 16.1. The molecule has 0 saturated carbocycles. The zero-order valence-electron chi connectivity index (χ0n) is 28.2. The highest BCUT2D eigenvalue weighted by molar-refractivity contribution is 6.93. The van der Waals surface area contributed by atoms with Gasteiger partial charge in [-0.3, -0.25) is 9.97 Å². The number of fused-ring (bicyclic) bond motifs is 6. The molecule has 6 heteroatoms. The zero-order valence-corrected chi connectivity index (χ0v) is 28.2. The Balaban J connectivity index is 1.04. The molecule has 5 aromatic carbocycles. The van der Waals surface area contributed by atoms with E-state index in [9.17, 15) is 0 Å². The predicted molar refractivity (Wildman–Crippen MR) is 210 cm³/mol. The van der Waals surface area contributed by atoms with Gasteiger partial charge in [0.05, 0.1) is 11.0 Å². The van der Waals surface area contributed by atoms with E-state index < -0.39 is 0 Å². The molecule has 52 heavy (non-hydrogen) atoms. The number of ether oxygens (including phenoxy) is 2. The number of para-hydroxylation sites is 2. The van der Waals surface area contributed by atoms with E-state index >= 15 is 0 Å². The second-order valence-electron chi connectivity index (χ2n) is 13.7. The number of pyridine rings is 2. The first-order chi connectivity index (χ1) is 25.8. The molecule has 0 fully saturated rings. The van der Waals surface area contributed by atoms with Crippen LogP contribution in [0.2, 0.25) is 0 Å². The summed E-state index contributed by atoms with van der Waals surface area (Å²) in [5.41, 5.74) is 13.9. The van der Waals surface area contributed by atoms with E-state index in [4.69, 9.17) is 9.47 Å². The van der Waals surface area contributed by atoms with E-state index in [0.717, 1.165) is 69.3 Å². The third-order valence-electron chi connectivity index (χ3n) is 10.9. The van der Waals surface area contributed by atoms with Gasteiger partial charge < -0.3 is 14.0 Å². The molecule has 1 aliphatic carbocycles. The fraction of sp³-hybridized carbons (Fsp3) is 0.0435. The van der Waals surface area contributed by atoms with E-state index in [0.29, 0.717) is 0 Å². The molecule has 0 unspecified atom stereocenters. The number of allylic oxidation sites excluding steroid dienone is 3. The second kappa shape index (κ2) is 11.4. The van der Waals surface area contributed by atoms with Crippen molar-refractivity contribution in [2.45, 2.75) is 12.8 Å². The Bertz CT molecular complexity index is 2730. The van der Waals surface area contributed by atoms with Gasteiger partial charge in [0.1, 0.15) is 23.0 Å². The van der Waals surface area contributed by atoms with Crippen LogP contribution in [0.4, 0.5) is 0 Å². The minimum absolute atomic E-state index is 0.0472. The van der Waals surface area contributed by atoms with Crippen molar-refractivity contribution in [3.63, 3.8) is 0 Å². The van der Waals surface area contributed by atoms with Gasteiger partial charge in [-0.25, -0.2) is 0 Å². The van der Waals surface area contributed by atoms with Crippen LogP contribution in [0.15, 0.2) is 169 Å². The van der Waals surface area contributed by atoms with Crippen LogP contribution in [0.25, 0.3) is 55.3 Å². The smallest absolute Gasteiger partial charge is 0.256 e. The molecule has 2 aliphatic heterocycles. The summed E-state index contributed by atoms with van der Waals surface area (Å²) in [6.07, 6.45) is 11.5. The van der Waals surface area contributed by atoms with E-state index in [2.05, 4.69) is 136 Å². The molecule has 0 amide bonds. The normalized spacial score (nSPS) is 14.3. The van der Waals surface area contributed by atoms with Gasteiger partial charge in [-0.2, -0.15) is 0 Å². The average molecular weight is 668 g/mol. The topological polar surface area (TPSA) is 49.2 Å². The quantitative estimate of drug-likeness (QED) is 0.176. The number of aromatic nitrogens is 3. The highest BCUT2D eigenvalue weighted by atomic mass is 16.5. The molecule has 11 rings (SSSR count). The van der Waals surface area contributed by atoms with Crippen molar-refractivity contribution < 1.29 is 9.47 Å². The first kappa shape index (κ1) is 29.1. The fourth-order valence-electron chi connectivity index (χ4n) is 8.46. The maximum atomic E-state index is 6.88. The third kappa shape index (κ3) is 4.51. The molecule has 0 bridgehead atoms. The van der Waals surface area contributed by atoms with E-state index in [1.165, 1.54) is 43.9 Å². The Morgan fingerprint density at radius 1 is 0.519 bits per heavy atom. The summed E-state index contributed by atoms with van der Waals surface area (Å²) in [6.45, 7) is 0.0472. The fourth-order valence-corrected chi connectivity index (χ4v) is 8.46. The maximum Gasteiger partial charge on any atom is 0.256 e. The van der Waals surface area contributed by atoms with Gasteiger partial charge in [0.15, 0.2) is 0 Å². The van der Waals surface area contributed by atoms with Gasteiger partial charge in [-0.05, 0) is 130 Å². The maximum absolute atomic E-state index is 6.88. The van der Waals surface area contributed by atoms with Crippen molar-refractivity contribution in [3.05, 3.63) is 175 Å². The van der Waals surface area contributed by atoms with Crippen LogP contribution in [-0.2, 0) is 0 Å². The monoisotopic (exact) mass is 667 g/mol. The summed E-state index contributed by atoms with van der Waals surface area (Å²) in [5, 5.41) is 2.51. The SMILES string of the molecule is C1=C(c2ccncc2)CCC2=C1Oc1cc(-c3ccc(-n4c5ccccc5c5ccccc54)cc3)cc3c1B2c1ccc(-c2ccncc2)cc1O3. The molecule has 0 radical (unpaired) electrons. The van der Waals surface area contributed by atoms with E-state index in [1.54, 1.807) is 0 Å². The number of rotatable bonds is 4. The molecular formula is C46H30BN3O2. The van der Waals surface area contributed by atoms with Gasteiger partial charge >= 0.3 is 0 Å². The van der Waals surface area contributed by atoms with Crippen molar-refractivity contribution in [1.29, 1.82) is 0 Å². The van der Waals surface area contributed by atoms with Gasteiger partial charge in [0.25, 0.3) is 6.71 Å². The lowest BCUT2D eigenvalue weighted by atomic mass is 9.33. The lowest BCUT2D eigenvalue weighted by molar-refractivity contribution is 0.429. The van der Waals surface area contributed by atoms with Crippen LogP contribution in [0, 0.1) is 0 Å². The number of benzene rings is 5. The largest absolute Gasteiger partial charge is 0.459 e. The minimum Gasteiger partial charge on any atom is -0.459 e. The van der Waals surface area contributed by atoms with Crippen molar-refractivity contribution >= 4 is 45.0 Å². The Hall–Kier alpha value is -6.66. The van der Waals surface area contributed by atoms with Crippen molar-refractivity contribution in [2.24, 2.45) is 0 Å². The zero-order chi connectivity index (χ0) is 34.2. The van der Waals surface area contributed by atoms with Gasteiger partial charge in [-0.1, -0.05) is 60.7 Å². The predicted octanol–water partition coefficient (Wildman–Crippen LogP) is 9.69. The Morgan fingerprint density at radius 3 is 1.83 bits per heavy atom. The summed E-state index contributed by atoms with van der Waals surface area (Å²) in [5.74, 6) is 3.51. The molecule has 5 nitrogen and oxygen atoms in total. The average Bonchev–Trinajstić information content (AvgIpc) is 3.55. The molecule has 0 N–H and O–H groups in total. The third-order valence-corrected chi connectivity index (χ3v) is 10.9. The highest BCUT2D eigenvalue weighted by Gasteiger charge is 2.42. The summed E-state index contributed by atoms with van der Waals surface area (Å²) in [6, 6.07) is 45.3. The number of hydrogen-bond acceptors (Lipinski definition) is 4. The standard InChI is InChI=1S/C46H30BN3O2/c1-3-7-40-36(5-1)37-6-2-4-8-41(37)50(40)35-13-9-29(10-14-35)34-27-44-46-45(28-34)52-43-26-33(31-19-23-49-24-20-31)12-16-39(43)47(46)38-15-11-32(25-42(38)51-44)30-17-21-48-22-18-30/h1-11,13-15,17-28H,12,16H2. The molecule has 3 aliphatic rings. The van der Waals surface area contributed by atoms with Gasteiger partial charge in [0.2, 0.25) is 0 Å². The van der Waals surface area contributed by atoms with Crippen LogP contribution in [-0.4, -0.2) is 21.2 Å². The molecule has 244 valence electrons. The van der Waals surface area contributed by atoms with Crippen LogP contribution in [0.5, 0.6) is 17.2 Å². The summed E-state index contributed by atoms with van der Waals surface area (Å²) in [7, 11) is 0. The molecular weight excluding hydrogens is 637 g/mol. The second-order valence-corrected chi connectivity index (χ2v) is 13.7. The van der Waals surface area contributed by atoms with Crippen LogP contribution in [0.3, 0.4) is 0 Å². The summed E-state index contributed by atoms with van der Waals surface area (Å²) >= 11 is 0. The molecule has 5 heterocycles. The minimum atomic E-state index is 0.0472. The van der Waals surface area contributed by atoms with E-state index in [1.807, 2.05) is 36.9 Å². The molecule has 0 atom stereocenters. The Labute approximate surface area is 301 Å². The van der Waals surface area contributed by atoms with Crippen LogP contribution >= 0.6 is 0 Å². The molecule has 0 saturated heterocycles. The van der Waals surface area contributed by atoms with Crippen molar-refractivity contribution in [3.8, 4) is 45.2 Å². The van der Waals surface area contributed by atoms with Gasteiger partial charge in [-0.15, -0.1) is 0 Å². The van der Waals surface area contributed by atoms with Crippen molar-refractivity contribution in [1.82, 2.24) is 14.5 Å². The lowest BCUT2D eigenvalue weighted by Gasteiger charge is -2.36. The first-order valence-electron chi connectivity index (χ1n) is 17.8. The molecule has 8 aromatic rings. The van der Waals surface area contributed by atoms with Crippen molar-refractivity contribution in [2.75, 3.05) is 0 Å². The molecule has 3 aromatic heterocycles. The molecule has 0 spiro atoms. The number of hydrogen-bond donors (Lipinski definition) is 0. The Morgan fingerprint density at radius 2 is 1.12 bits per heavy atom.